The van der Waals surface area contributed by atoms with Gasteiger partial charge in [0, 0.05) is 45.3 Å². The summed E-state index contributed by atoms with van der Waals surface area (Å²) in [6, 6.07) is 4.36. The maximum Gasteiger partial charge on any atom is 0.416 e. The second-order valence-electron chi connectivity index (χ2n) is 6.71. The molecule has 1 unspecified atom stereocenters. The topological polar surface area (TPSA) is 60.9 Å². The first-order valence-corrected chi connectivity index (χ1v) is 8.71. The van der Waals surface area contributed by atoms with Gasteiger partial charge in [0.15, 0.2) is 0 Å². The van der Waals surface area contributed by atoms with Crippen molar-refractivity contribution in [2.75, 3.05) is 37.6 Å². The molecule has 9 heteroatoms. The van der Waals surface area contributed by atoms with E-state index in [0.29, 0.717) is 38.3 Å². The van der Waals surface area contributed by atoms with Crippen LogP contribution < -0.4 is 4.90 Å². The Kier molecular flexibility index (Phi) is 5.12. The largest absolute Gasteiger partial charge is 0.416 e. The van der Waals surface area contributed by atoms with E-state index in [1.54, 1.807) is 9.80 Å². The van der Waals surface area contributed by atoms with Crippen molar-refractivity contribution in [3.63, 3.8) is 0 Å². The molecule has 0 N–H and O–H groups in total. The molecule has 1 aromatic carbocycles. The van der Waals surface area contributed by atoms with E-state index >= 15 is 0 Å². The van der Waals surface area contributed by atoms with Crippen LogP contribution in [0.15, 0.2) is 24.3 Å². The number of benzene rings is 1. The molecule has 2 heterocycles. The van der Waals surface area contributed by atoms with Crippen LogP contribution in [0.2, 0.25) is 0 Å². The Balaban J connectivity index is 1.64. The molecule has 146 valence electrons. The Bertz CT molecular complexity index is 740. The number of anilines is 1. The van der Waals surface area contributed by atoms with Gasteiger partial charge in [-0.2, -0.15) is 13.2 Å². The van der Waals surface area contributed by atoms with Gasteiger partial charge in [0.25, 0.3) is 0 Å². The van der Waals surface area contributed by atoms with Crippen LogP contribution in [0.5, 0.6) is 0 Å². The fraction of sp³-hybridized carbons (Fsp3) is 0.500. The van der Waals surface area contributed by atoms with Crippen LogP contribution >= 0.6 is 0 Å². The summed E-state index contributed by atoms with van der Waals surface area (Å²) < 4.78 is 38.0. The molecule has 0 aromatic heterocycles. The van der Waals surface area contributed by atoms with Crippen LogP contribution in [0.3, 0.4) is 0 Å². The second kappa shape index (κ2) is 7.21. The summed E-state index contributed by atoms with van der Waals surface area (Å²) in [6.45, 7) is 3.38. The SMILES string of the molecule is CC(=O)N1CCN(C(=O)C2CCN(c3ccc(C(F)(F)F)cc3)C2=O)CC1. The third kappa shape index (κ3) is 3.91. The highest BCUT2D eigenvalue weighted by atomic mass is 19.4. The van der Waals surface area contributed by atoms with Gasteiger partial charge in [0.1, 0.15) is 5.92 Å². The zero-order valence-corrected chi connectivity index (χ0v) is 14.8. The molecule has 0 spiro atoms. The van der Waals surface area contributed by atoms with E-state index < -0.39 is 23.6 Å². The van der Waals surface area contributed by atoms with Gasteiger partial charge in [-0.1, -0.05) is 0 Å². The number of amides is 3. The average molecular weight is 383 g/mol. The smallest absolute Gasteiger partial charge is 0.339 e. The van der Waals surface area contributed by atoms with Gasteiger partial charge in [-0.15, -0.1) is 0 Å². The summed E-state index contributed by atoms with van der Waals surface area (Å²) in [5, 5.41) is 0. The number of hydrogen-bond acceptors (Lipinski definition) is 3. The number of piperazine rings is 1. The van der Waals surface area contributed by atoms with E-state index in [2.05, 4.69) is 0 Å². The third-order valence-electron chi connectivity index (χ3n) is 5.05. The van der Waals surface area contributed by atoms with Gasteiger partial charge in [-0.3, -0.25) is 14.4 Å². The van der Waals surface area contributed by atoms with Crippen LogP contribution in [0.1, 0.15) is 18.9 Å². The fourth-order valence-corrected chi connectivity index (χ4v) is 3.46. The molecule has 2 aliphatic rings. The number of alkyl halides is 3. The highest BCUT2D eigenvalue weighted by Crippen LogP contribution is 2.32. The average Bonchev–Trinajstić information content (AvgIpc) is 3.02. The van der Waals surface area contributed by atoms with Crippen molar-refractivity contribution >= 4 is 23.4 Å². The van der Waals surface area contributed by atoms with Gasteiger partial charge < -0.3 is 14.7 Å². The fourth-order valence-electron chi connectivity index (χ4n) is 3.46. The number of rotatable bonds is 2. The Labute approximate surface area is 154 Å². The lowest BCUT2D eigenvalue weighted by Gasteiger charge is -2.35. The summed E-state index contributed by atoms with van der Waals surface area (Å²) in [6.07, 6.45) is -4.11. The molecule has 1 atom stereocenters. The highest BCUT2D eigenvalue weighted by Gasteiger charge is 2.40. The van der Waals surface area contributed by atoms with Crippen LogP contribution in [-0.2, 0) is 20.6 Å². The van der Waals surface area contributed by atoms with Gasteiger partial charge in [0.2, 0.25) is 17.7 Å². The summed E-state index contributed by atoms with van der Waals surface area (Å²) >= 11 is 0. The Morgan fingerprint density at radius 3 is 2.04 bits per heavy atom. The van der Waals surface area contributed by atoms with Gasteiger partial charge >= 0.3 is 6.18 Å². The van der Waals surface area contributed by atoms with Gasteiger partial charge in [0.05, 0.1) is 5.56 Å². The lowest BCUT2D eigenvalue weighted by molar-refractivity contribution is -0.144. The maximum atomic E-state index is 12.7. The molecule has 1 aromatic rings. The summed E-state index contributed by atoms with van der Waals surface area (Å²) in [7, 11) is 0. The van der Waals surface area contributed by atoms with Crippen molar-refractivity contribution in [3.8, 4) is 0 Å². The summed E-state index contributed by atoms with van der Waals surface area (Å²) in [4.78, 5) is 41.3. The molecule has 3 rings (SSSR count). The number of hydrogen-bond donors (Lipinski definition) is 0. The second-order valence-corrected chi connectivity index (χ2v) is 6.71. The minimum atomic E-state index is -4.44. The molecule has 3 amide bonds. The predicted molar refractivity (Wildman–Crippen MR) is 90.7 cm³/mol. The lowest BCUT2D eigenvalue weighted by atomic mass is 10.1. The molecule has 0 bridgehead atoms. The van der Waals surface area contributed by atoms with Gasteiger partial charge in [-0.05, 0) is 30.7 Å². The van der Waals surface area contributed by atoms with Crippen molar-refractivity contribution in [1.82, 2.24) is 9.80 Å². The number of carbonyl (C=O) groups is 3. The zero-order valence-electron chi connectivity index (χ0n) is 14.8. The third-order valence-corrected chi connectivity index (χ3v) is 5.05. The Hall–Kier alpha value is -2.58. The van der Waals surface area contributed by atoms with E-state index in [1.807, 2.05) is 0 Å². The molecule has 2 fully saturated rings. The van der Waals surface area contributed by atoms with Crippen molar-refractivity contribution in [1.29, 1.82) is 0 Å². The van der Waals surface area contributed by atoms with Crippen LogP contribution in [0.4, 0.5) is 18.9 Å². The normalized spacial score (nSPS) is 21.0. The lowest BCUT2D eigenvalue weighted by Crippen LogP contribution is -2.52. The van der Waals surface area contributed by atoms with E-state index in [1.165, 1.54) is 24.0 Å². The van der Waals surface area contributed by atoms with Crippen molar-refractivity contribution in [2.24, 2.45) is 5.92 Å². The van der Waals surface area contributed by atoms with Crippen LogP contribution in [0.25, 0.3) is 0 Å². The van der Waals surface area contributed by atoms with Crippen molar-refractivity contribution in [3.05, 3.63) is 29.8 Å². The van der Waals surface area contributed by atoms with E-state index in [4.69, 9.17) is 0 Å². The first-order valence-electron chi connectivity index (χ1n) is 8.71. The van der Waals surface area contributed by atoms with Crippen molar-refractivity contribution < 1.29 is 27.6 Å². The molecule has 2 aliphatic heterocycles. The summed E-state index contributed by atoms with van der Waals surface area (Å²) in [5.74, 6) is -1.55. The molecule has 27 heavy (non-hydrogen) atoms. The molecule has 0 saturated carbocycles. The quantitative estimate of drug-likeness (QED) is 0.731. The first kappa shape index (κ1) is 19.2. The zero-order chi connectivity index (χ0) is 19.8. The molecule has 2 saturated heterocycles. The Morgan fingerprint density at radius 2 is 1.52 bits per heavy atom. The monoisotopic (exact) mass is 383 g/mol. The summed E-state index contributed by atoms with van der Waals surface area (Å²) in [5.41, 5.74) is -0.432. The number of carbonyl (C=O) groups excluding carboxylic acids is 3. The number of nitrogens with zero attached hydrogens (tertiary/aromatic N) is 3. The van der Waals surface area contributed by atoms with E-state index in [9.17, 15) is 27.6 Å². The predicted octanol–water partition coefficient (Wildman–Crippen LogP) is 1.75. The Morgan fingerprint density at radius 1 is 0.963 bits per heavy atom. The van der Waals surface area contributed by atoms with E-state index in [-0.39, 0.29) is 18.4 Å². The minimum Gasteiger partial charge on any atom is -0.339 e. The van der Waals surface area contributed by atoms with Crippen molar-refractivity contribution in [2.45, 2.75) is 19.5 Å². The van der Waals surface area contributed by atoms with Gasteiger partial charge in [-0.25, -0.2) is 0 Å². The van der Waals surface area contributed by atoms with Crippen LogP contribution in [-0.4, -0.2) is 60.2 Å². The first-order chi connectivity index (χ1) is 12.7. The molecule has 0 aliphatic carbocycles. The highest BCUT2D eigenvalue weighted by molar-refractivity contribution is 6.09. The molecular formula is C18H20F3N3O3. The molecule has 6 nitrogen and oxygen atoms in total. The standard InChI is InChI=1S/C18H20F3N3O3/c1-12(25)22-8-10-23(11-9-22)16(26)15-6-7-24(17(15)27)14-4-2-13(3-5-14)18(19,20)21/h2-5,15H,6-11H2,1H3. The minimum absolute atomic E-state index is 0.0486. The molecular weight excluding hydrogens is 363 g/mol. The van der Waals surface area contributed by atoms with E-state index in [0.717, 1.165) is 12.1 Å². The molecule has 0 radical (unpaired) electrons. The maximum absolute atomic E-state index is 12.7. The van der Waals surface area contributed by atoms with Crippen LogP contribution in [0, 0.1) is 5.92 Å². The number of halogens is 3.